The molecule has 0 radical (unpaired) electrons. The fraction of sp³-hybridized carbons (Fsp3) is 0.562. The van der Waals surface area contributed by atoms with E-state index in [-0.39, 0.29) is 6.03 Å². The minimum Gasteiger partial charge on any atom is -0.305 e. The van der Waals surface area contributed by atoms with Crippen molar-refractivity contribution in [1.82, 2.24) is 5.48 Å². The van der Waals surface area contributed by atoms with E-state index < -0.39 is 0 Å². The number of nitrogens with one attached hydrogen (secondary N) is 2. The molecule has 0 fully saturated rings. The number of halogens is 1. The second-order valence-electron chi connectivity index (χ2n) is 5.01. The number of carbonyl (C=O) groups excluding carboxylic acids is 1. The van der Waals surface area contributed by atoms with Crippen LogP contribution in [-0.4, -0.2) is 12.6 Å². The molecule has 1 rings (SSSR count). The molecule has 118 valence electrons. The number of hydroxylamine groups is 1. The van der Waals surface area contributed by atoms with Crippen LogP contribution in [0.1, 0.15) is 51.9 Å². The lowest BCUT2D eigenvalue weighted by atomic mass is 10.1. The van der Waals surface area contributed by atoms with Gasteiger partial charge in [0.1, 0.15) is 0 Å². The maximum Gasteiger partial charge on any atom is 0.343 e. The van der Waals surface area contributed by atoms with Gasteiger partial charge in [-0.05, 0) is 34.5 Å². The number of rotatable bonds is 10. The normalized spacial score (nSPS) is 10.4. The van der Waals surface area contributed by atoms with E-state index in [1.165, 1.54) is 32.1 Å². The highest BCUT2D eigenvalue weighted by Gasteiger charge is 2.03. The van der Waals surface area contributed by atoms with E-state index in [0.717, 1.165) is 23.0 Å². The Kier molecular flexibility index (Phi) is 9.91. The molecule has 0 saturated carbocycles. The quantitative estimate of drug-likeness (QED) is 0.444. The SMILES string of the molecule is CCCCCCCCCONC(=O)Nc1ccccc1Br. The van der Waals surface area contributed by atoms with Crippen LogP contribution in [0.2, 0.25) is 0 Å². The molecular weight excluding hydrogens is 332 g/mol. The summed E-state index contributed by atoms with van der Waals surface area (Å²) in [6.07, 6.45) is 8.59. The zero-order valence-electron chi connectivity index (χ0n) is 12.7. The molecule has 0 aliphatic carbocycles. The van der Waals surface area contributed by atoms with Crippen LogP contribution in [0.3, 0.4) is 0 Å². The molecule has 0 bridgehead atoms. The summed E-state index contributed by atoms with van der Waals surface area (Å²) < 4.78 is 0.840. The molecule has 4 nitrogen and oxygen atoms in total. The Morgan fingerprint density at radius 2 is 1.76 bits per heavy atom. The van der Waals surface area contributed by atoms with Crippen molar-refractivity contribution in [3.05, 3.63) is 28.7 Å². The second kappa shape index (κ2) is 11.6. The van der Waals surface area contributed by atoms with Crippen LogP contribution in [0.4, 0.5) is 10.5 Å². The van der Waals surface area contributed by atoms with Gasteiger partial charge >= 0.3 is 6.03 Å². The molecule has 0 heterocycles. The minimum absolute atomic E-state index is 0.357. The highest BCUT2D eigenvalue weighted by atomic mass is 79.9. The zero-order chi connectivity index (χ0) is 15.3. The van der Waals surface area contributed by atoms with Gasteiger partial charge in [0.25, 0.3) is 0 Å². The topological polar surface area (TPSA) is 50.4 Å². The molecule has 0 saturated heterocycles. The van der Waals surface area contributed by atoms with E-state index >= 15 is 0 Å². The van der Waals surface area contributed by atoms with Crippen molar-refractivity contribution in [1.29, 1.82) is 0 Å². The Bertz CT molecular complexity index is 413. The maximum atomic E-state index is 11.6. The monoisotopic (exact) mass is 356 g/mol. The van der Waals surface area contributed by atoms with Crippen molar-refractivity contribution < 1.29 is 9.63 Å². The smallest absolute Gasteiger partial charge is 0.305 e. The number of unbranched alkanes of at least 4 members (excludes halogenated alkanes) is 6. The lowest BCUT2D eigenvalue weighted by molar-refractivity contribution is 0.0631. The van der Waals surface area contributed by atoms with Crippen LogP contribution in [0, 0.1) is 0 Å². The van der Waals surface area contributed by atoms with E-state index in [2.05, 4.69) is 33.7 Å². The average molecular weight is 357 g/mol. The maximum absolute atomic E-state index is 11.6. The van der Waals surface area contributed by atoms with Gasteiger partial charge in [0.15, 0.2) is 0 Å². The Labute approximate surface area is 135 Å². The molecule has 0 unspecified atom stereocenters. The lowest BCUT2D eigenvalue weighted by Gasteiger charge is -2.09. The van der Waals surface area contributed by atoms with Gasteiger partial charge in [0.05, 0.1) is 12.3 Å². The van der Waals surface area contributed by atoms with Gasteiger partial charge in [-0.25, -0.2) is 10.3 Å². The summed E-state index contributed by atoms with van der Waals surface area (Å²) in [5.41, 5.74) is 3.12. The third kappa shape index (κ3) is 8.73. The van der Waals surface area contributed by atoms with Crippen molar-refractivity contribution in [2.45, 2.75) is 51.9 Å². The van der Waals surface area contributed by atoms with Crippen LogP contribution in [0.25, 0.3) is 0 Å². The molecule has 2 N–H and O–H groups in total. The average Bonchev–Trinajstić information content (AvgIpc) is 2.48. The molecule has 0 aromatic heterocycles. The number of hydrogen-bond donors (Lipinski definition) is 2. The molecular formula is C16H25BrN2O2. The standard InChI is InChI=1S/C16H25BrN2O2/c1-2-3-4-5-6-7-10-13-21-19-16(20)18-15-12-9-8-11-14(15)17/h8-9,11-12H,2-7,10,13H2,1H3,(H2,18,19,20). The fourth-order valence-electron chi connectivity index (χ4n) is 1.96. The Hall–Kier alpha value is -1.07. The number of anilines is 1. The first kappa shape index (κ1) is 18.0. The van der Waals surface area contributed by atoms with Gasteiger partial charge < -0.3 is 5.32 Å². The Morgan fingerprint density at radius 1 is 1.10 bits per heavy atom. The van der Waals surface area contributed by atoms with Gasteiger partial charge in [0, 0.05) is 4.47 Å². The third-order valence-electron chi connectivity index (χ3n) is 3.14. The first-order chi connectivity index (χ1) is 10.2. The molecule has 0 atom stereocenters. The molecule has 0 spiro atoms. The summed E-state index contributed by atoms with van der Waals surface area (Å²) in [6, 6.07) is 7.09. The van der Waals surface area contributed by atoms with Crippen molar-refractivity contribution in [2.75, 3.05) is 11.9 Å². The Balaban J connectivity index is 2.00. The third-order valence-corrected chi connectivity index (χ3v) is 3.83. The van der Waals surface area contributed by atoms with Crippen molar-refractivity contribution >= 4 is 27.6 Å². The van der Waals surface area contributed by atoms with Crippen LogP contribution < -0.4 is 10.8 Å². The predicted molar refractivity (Wildman–Crippen MR) is 90.2 cm³/mol. The first-order valence-electron chi connectivity index (χ1n) is 7.67. The number of para-hydroxylation sites is 1. The summed E-state index contributed by atoms with van der Waals surface area (Å²) in [6.45, 7) is 2.77. The second-order valence-corrected chi connectivity index (χ2v) is 5.86. The summed E-state index contributed by atoms with van der Waals surface area (Å²) >= 11 is 3.37. The Morgan fingerprint density at radius 3 is 2.48 bits per heavy atom. The van der Waals surface area contributed by atoms with Gasteiger partial charge in [0.2, 0.25) is 0 Å². The molecule has 0 aliphatic rings. The van der Waals surface area contributed by atoms with Crippen molar-refractivity contribution in [3.8, 4) is 0 Å². The molecule has 1 aromatic carbocycles. The van der Waals surface area contributed by atoms with E-state index in [9.17, 15) is 4.79 Å². The van der Waals surface area contributed by atoms with E-state index in [1.807, 2.05) is 24.3 Å². The van der Waals surface area contributed by atoms with Crippen molar-refractivity contribution in [3.63, 3.8) is 0 Å². The summed E-state index contributed by atoms with van der Waals surface area (Å²) in [7, 11) is 0. The van der Waals surface area contributed by atoms with Gasteiger partial charge in [-0.1, -0.05) is 57.6 Å². The lowest BCUT2D eigenvalue weighted by Crippen LogP contribution is -2.29. The highest BCUT2D eigenvalue weighted by molar-refractivity contribution is 9.10. The van der Waals surface area contributed by atoms with Gasteiger partial charge in [-0.3, -0.25) is 4.84 Å². The summed E-state index contributed by atoms with van der Waals surface area (Å²) in [5, 5.41) is 2.71. The number of amides is 2. The summed E-state index contributed by atoms with van der Waals surface area (Å²) in [5.74, 6) is 0. The van der Waals surface area contributed by atoms with Crippen LogP contribution in [0.5, 0.6) is 0 Å². The molecule has 21 heavy (non-hydrogen) atoms. The largest absolute Gasteiger partial charge is 0.343 e. The van der Waals surface area contributed by atoms with Crippen LogP contribution in [0.15, 0.2) is 28.7 Å². The number of benzene rings is 1. The number of carbonyl (C=O) groups is 1. The van der Waals surface area contributed by atoms with E-state index in [0.29, 0.717) is 6.61 Å². The zero-order valence-corrected chi connectivity index (χ0v) is 14.2. The highest BCUT2D eigenvalue weighted by Crippen LogP contribution is 2.20. The van der Waals surface area contributed by atoms with Crippen LogP contribution >= 0.6 is 15.9 Å². The fourth-order valence-corrected chi connectivity index (χ4v) is 2.34. The van der Waals surface area contributed by atoms with E-state index in [4.69, 9.17) is 4.84 Å². The number of urea groups is 1. The first-order valence-corrected chi connectivity index (χ1v) is 8.46. The van der Waals surface area contributed by atoms with E-state index in [1.54, 1.807) is 0 Å². The molecule has 2 amide bonds. The summed E-state index contributed by atoms with van der Waals surface area (Å²) in [4.78, 5) is 16.8. The molecule has 5 heteroatoms. The van der Waals surface area contributed by atoms with Crippen LogP contribution in [-0.2, 0) is 4.84 Å². The molecule has 1 aromatic rings. The number of hydrogen-bond acceptors (Lipinski definition) is 2. The molecule has 0 aliphatic heterocycles. The predicted octanol–water partition coefficient (Wildman–Crippen LogP) is 5.25. The minimum atomic E-state index is -0.357. The van der Waals surface area contributed by atoms with Gasteiger partial charge in [-0.2, -0.15) is 0 Å². The van der Waals surface area contributed by atoms with Crippen molar-refractivity contribution in [2.24, 2.45) is 0 Å². The van der Waals surface area contributed by atoms with Gasteiger partial charge in [-0.15, -0.1) is 0 Å².